The summed E-state index contributed by atoms with van der Waals surface area (Å²) >= 11 is 6.22. The standard InChI is InChI=1S/C14H16ClN3O2S/c1-9-6-10(2)14(12(15)7-9)17-13-5-4-11(8-16-13)18-21(3,19)20/h4-8,18H,1-3H3,(H,16,17). The molecule has 0 bridgehead atoms. The van der Waals surface area contributed by atoms with E-state index < -0.39 is 10.0 Å². The van der Waals surface area contributed by atoms with Gasteiger partial charge in [0.25, 0.3) is 0 Å². The van der Waals surface area contributed by atoms with E-state index in [0.29, 0.717) is 16.5 Å². The third-order valence-electron chi connectivity index (χ3n) is 2.75. The molecular weight excluding hydrogens is 310 g/mol. The minimum atomic E-state index is -3.30. The number of hydrogen-bond acceptors (Lipinski definition) is 4. The first-order valence-corrected chi connectivity index (χ1v) is 8.49. The normalized spacial score (nSPS) is 11.2. The minimum Gasteiger partial charge on any atom is -0.339 e. The molecule has 5 nitrogen and oxygen atoms in total. The SMILES string of the molecule is Cc1cc(C)c(Nc2ccc(NS(C)(=O)=O)cn2)c(Cl)c1. The number of aryl methyl sites for hydroxylation is 2. The van der Waals surface area contributed by atoms with Crippen molar-refractivity contribution < 1.29 is 8.42 Å². The number of hydrogen-bond donors (Lipinski definition) is 2. The number of pyridine rings is 1. The second kappa shape index (κ2) is 5.91. The van der Waals surface area contributed by atoms with E-state index in [0.717, 1.165) is 23.1 Å². The van der Waals surface area contributed by atoms with Gasteiger partial charge in [-0.15, -0.1) is 0 Å². The molecule has 2 aromatic rings. The Morgan fingerprint density at radius 3 is 2.43 bits per heavy atom. The highest BCUT2D eigenvalue weighted by molar-refractivity contribution is 7.92. The number of anilines is 3. The molecular formula is C14H16ClN3O2S. The highest BCUT2D eigenvalue weighted by Gasteiger charge is 2.07. The first-order valence-electron chi connectivity index (χ1n) is 6.22. The number of aromatic nitrogens is 1. The van der Waals surface area contributed by atoms with Crippen molar-refractivity contribution in [1.29, 1.82) is 0 Å². The zero-order valence-corrected chi connectivity index (χ0v) is 13.5. The number of nitrogens with zero attached hydrogens (tertiary/aromatic N) is 1. The monoisotopic (exact) mass is 325 g/mol. The van der Waals surface area contributed by atoms with E-state index in [1.807, 2.05) is 26.0 Å². The number of halogens is 1. The van der Waals surface area contributed by atoms with E-state index in [1.165, 1.54) is 6.20 Å². The fourth-order valence-corrected chi connectivity index (χ4v) is 2.86. The third-order valence-corrected chi connectivity index (χ3v) is 3.66. The first kappa shape index (κ1) is 15.6. The Bertz CT molecular complexity index is 735. The van der Waals surface area contributed by atoms with Gasteiger partial charge in [-0.25, -0.2) is 13.4 Å². The van der Waals surface area contributed by atoms with E-state index in [4.69, 9.17) is 11.6 Å². The summed E-state index contributed by atoms with van der Waals surface area (Å²) in [6.45, 7) is 3.94. The van der Waals surface area contributed by atoms with Gasteiger partial charge in [0.15, 0.2) is 0 Å². The topological polar surface area (TPSA) is 71.1 Å². The zero-order chi connectivity index (χ0) is 15.6. The second-order valence-corrected chi connectivity index (χ2v) is 7.03. The van der Waals surface area contributed by atoms with Crippen molar-refractivity contribution in [2.45, 2.75) is 13.8 Å². The van der Waals surface area contributed by atoms with Crippen molar-refractivity contribution in [2.75, 3.05) is 16.3 Å². The van der Waals surface area contributed by atoms with Crippen LogP contribution in [-0.4, -0.2) is 19.7 Å². The molecule has 1 heterocycles. The van der Waals surface area contributed by atoms with Gasteiger partial charge >= 0.3 is 0 Å². The fraction of sp³-hybridized carbons (Fsp3) is 0.214. The summed E-state index contributed by atoms with van der Waals surface area (Å²) in [5, 5.41) is 3.76. The summed E-state index contributed by atoms with van der Waals surface area (Å²) in [5.41, 5.74) is 3.30. The molecule has 0 saturated heterocycles. The highest BCUT2D eigenvalue weighted by atomic mass is 35.5. The van der Waals surface area contributed by atoms with Gasteiger partial charge in [0, 0.05) is 0 Å². The van der Waals surface area contributed by atoms with Gasteiger partial charge < -0.3 is 5.32 Å². The summed E-state index contributed by atoms with van der Waals surface area (Å²) < 4.78 is 24.6. The molecule has 7 heteroatoms. The lowest BCUT2D eigenvalue weighted by atomic mass is 10.1. The lowest BCUT2D eigenvalue weighted by molar-refractivity contribution is 0.607. The van der Waals surface area contributed by atoms with Crippen LogP contribution in [-0.2, 0) is 10.0 Å². The first-order chi connectivity index (χ1) is 9.74. The van der Waals surface area contributed by atoms with E-state index in [1.54, 1.807) is 12.1 Å². The summed E-state index contributed by atoms with van der Waals surface area (Å²) in [4.78, 5) is 4.17. The molecule has 1 aromatic heterocycles. The Labute approximate surface area is 129 Å². The Morgan fingerprint density at radius 2 is 1.90 bits per heavy atom. The van der Waals surface area contributed by atoms with Crippen LogP contribution in [0.3, 0.4) is 0 Å². The van der Waals surface area contributed by atoms with Gasteiger partial charge in [-0.2, -0.15) is 0 Å². The van der Waals surface area contributed by atoms with Crippen LogP contribution in [0.5, 0.6) is 0 Å². The molecule has 0 aliphatic rings. The molecule has 0 amide bonds. The molecule has 21 heavy (non-hydrogen) atoms. The Hall–Kier alpha value is -1.79. The highest BCUT2D eigenvalue weighted by Crippen LogP contribution is 2.29. The van der Waals surface area contributed by atoms with Crippen molar-refractivity contribution in [3.05, 3.63) is 46.6 Å². The molecule has 0 atom stereocenters. The van der Waals surface area contributed by atoms with Crippen LogP contribution in [0.4, 0.5) is 17.2 Å². The Kier molecular flexibility index (Phi) is 4.39. The predicted molar refractivity (Wildman–Crippen MR) is 86.9 cm³/mol. The average molecular weight is 326 g/mol. The molecule has 0 saturated carbocycles. The maximum atomic E-state index is 11.1. The molecule has 0 unspecified atom stereocenters. The number of benzene rings is 1. The average Bonchev–Trinajstić information content (AvgIpc) is 2.34. The molecule has 0 aliphatic heterocycles. The molecule has 2 N–H and O–H groups in total. The van der Waals surface area contributed by atoms with Crippen LogP contribution < -0.4 is 10.0 Å². The zero-order valence-electron chi connectivity index (χ0n) is 11.9. The van der Waals surface area contributed by atoms with Gasteiger partial charge in [0.2, 0.25) is 10.0 Å². The quantitative estimate of drug-likeness (QED) is 0.903. The van der Waals surface area contributed by atoms with E-state index in [2.05, 4.69) is 15.0 Å². The lowest BCUT2D eigenvalue weighted by Gasteiger charge is -2.12. The molecule has 0 radical (unpaired) electrons. The van der Waals surface area contributed by atoms with Crippen LogP contribution in [0.2, 0.25) is 5.02 Å². The molecule has 0 spiro atoms. The maximum Gasteiger partial charge on any atom is 0.229 e. The van der Waals surface area contributed by atoms with Crippen molar-refractivity contribution in [3.63, 3.8) is 0 Å². The minimum absolute atomic E-state index is 0.412. The summed E-state index contributed by atoms with van der Waals surface area (Å²) in [7, 11) is -3.30. The van der Waals surface area contributed by atoms with Crippen molar-refractivity contribution in [2.24, 2.45) is 0 Å². The predicted octanol–water partition coefficient (Wildman–Crippen LogP) is 3.47. The fourth-order valence-electron chi connectivity index (χ4n) is 1.94. The van der Waals surface area contributed by atoms with Crippen molar-refractivity contribution >= 4 is 38.8 Å². The number of sulfonamides is 1. The van der Waals surface area contributed by atoms with E-state index in [9.17, 15) is 8.42 Å². The summed E-state index contributed by atoms with van der Waals surface area (Å²) in [6.07, 6.45) is 2.54. The summed E-state index contributed by atoms with van der Waals surface area (Å²) in [5.74, 6) is 0.586. The molecule has 2 rings (SSSR count). The van der Waals surface area contributed by atoms with Crippen molar-refractivity contribution in [1.82, 2.24) is 4.98 Å². The van der Waals surface area contributed by atoms with Crippen molar-refractivity contribution in [3.8, 4) is 0 Å². The lowest BCUT2D eigenvalue weighted by Crippen LogP contribution is -2.09. The number of rotatable bonds is 4. The van der Waals surface area contributed by atoms with Crippen LogP contribution in [0, 0.1) is 13.8 Å². The molecule has 112 valence electrons. The largest absolute Gasteiger partial charge is 0.339 e. The number of nitrogens with one attached hydrogen (secondary N) is 2. The van der Waals surface area contributed by atoms with Gasteiger partial charge in [0.05, 0.1) is 28.9 Å². The Balaban J connectivity index is 2.21. The second-order valence-electron chi connectivity index (χ2n) is 4.87. The summed E-state index contributed by atoms with van der Waals surface area (Å²) in [6, 6.07) is 7.21. The van der Waals surface area contributed by atoms with Crippen LogP contribution in [0.25, 0.3) is 0 Å². The van der Waals surface area contributed by atoms with Gasteiger partial charge in [0.1, 0.15) is 5.82 Å². The Morgan fingerprint density at radius 1 is 1.19 bits per heavy atom. The van der Waals surface area contributed by atoms with E-state index >= 15 is 0 Å². The van der Waals surface area contributed by atoms with Crippen LogP contribution in [0.15, 0.2) is 30.5 Å². The molecule has 0 aliphatic carbocycles. The smallest absolute Gasteiger partial charge is 0.229 e. The van der Waals surface area contributed by atoms with Crippen LogP contribution in [0.1, 0.15) is 11.1 Å². The maximum absolute atomic E-state index is 11.1. The van der Waals surface area contributed by atoms with E-state index in [-0.39, 0.29) is 0 Å². The van der Waals surface area contributed by atoms with Gasteiger partial charge in [-0.05, 0) is 43.2 Å². The van der Waals surface area contributed by atoms with Gasteiger partial charge in [-0.1, -0.05) is 17.7 Å². The van der Waals surface area contributed by atoms with Crippen LogP contribution >= 0.6 is 11.6 Å². The van der Waals surface area contributed by atoms with Gasteiger partial charge in [-0.3, -0.25) is 4.72 Å². The molecule has 1 aromatic carbocycles. The third kappa shape index (κ3) is 4.34. The molecule has 0 fully saturated rings.